The monoisotopic (exact) mass is 372 g/mol. The van der Waals surface area contributed by atoms with Gasteiger partial charge >= 0.3 is 0 Å². The van der Waals surface area contributed by atoms with Crippen molar-refractivity contribution in [2.24, 2.45) is 0 Å². The Morgan fingerprint density at radius 1 is 1.12 bits per heavy atom. The molecule has 5 heteroatoms. The van der Waals surface area contributed by atoms with E-state index in [4.69, 9.17) is 16.3 Å². The highest BCUT2D eigenvalue weighted by Crippen LogP contribution is 2.20. The predicted molar refractivity (Wildman–Crippen MR) is 106 cm³/mol. The molecule has 0 bridgehead atoms. The molecule has 2 aromatic carbocycles. The third-order valence-electron chi connectivity index (χ3n) is 4.62. The fourth-order valence-electron chi connectivity index (χ4n) is 3.33. The van der Waals surface area contributed by atoms with Crippen molar-refractivity contribution in [1.82, 2.24) is 4.90 Å². The molecule has 0 saturated carbocycles. The second-order valence-electron chi connectivity index (χ2n) is 6.92. The molecule has 1 fully saturated rings. The first kappa shape index (κ1) is 18.6. The number of amides is 1. The number of ether oxygens (including phenoxy) is 1. The fourth-order valence-corrected chi connectivity index (χ4v) is 3.46. The lowest BCUT2D eigenvalue weighted by atomic mass is 10.0. The lowest BCUT2D eigenvalue weighted by Gasteiger charge is -2.33. The Morgan fingerprint density at radius 3 is 2.35 bits per heavy atom. The maximum absolute atomic E-state index is 12.3. The lowest BCUT2D eigenvalue weighted by Crippen LogP contribution is -2.44. The zero-order valence-electron chi connectivity index (χ0n) is 15.3. The van der Waals surface area contributed by atoms with Crippen molar-refractivity contribution in [1.29, 1.82) is 0 Å². The zero-order chi connectivity index (χ0) is 18.5. The van der Waals surface area contributed by atoms with Crippen LogP contribution in [0.4, 0.5) is 5.69 Å². The lowest BCUT2D eigenvalue weighted by molar-refractivity contribution is -0.134. The maximum atomic E-state index is 12.3. The van der Waals surface area contributed by atoms with Crippen molar-refractivity contribution in [3.05, 3.63) is 58.6 Å². The number of halogens is 1. The normalized spacial score (nSPS) is 15.0. The van der Waals surface area contributed by atoms with Crippen LogP contribution >= 0.6 is 11.6 Å². The van der Waals surface area contributed by atoms with Crippen molar-refractivity contribution >= 4 is 23.2 Å². The minimum atomic E-state index is 0.0322. The number of hydrogen-bond acceptors (Lipinski definition) is 3. The molecule has 0 aromatic heterocycles. The molecule has 2 aromatic rings. The van der Waals surface area contributed by atoms with Gasteiger partial charge in [-0.1, -0.05) is 17.7 Å². The minimum absolute atomic E-state index is 0.0322. The topological polar surface area (TPSA) is 41.6 Å². The summed E-state index contributed by atoms with van der Waals surface area (Å²) in [7, 11) is 0. The van der Waals surface area contributed by atoms with Crippen LogP contribution in [-0.4, -0.2) is 36.5 Å². The largest absolute Gasteiger partial charge is 0.484 e. The Bertz CT molecular complexity index is 733. The molecule has 0 spiro atoms. The van der Waals surface area contributed by atoms with Gasteiger partial charge in [0.25, 0.3) is 5.91 Å². The summed E-state index contributed by atoms with van der Waals surface area (Å²) in [6.07, 6.45) is 1.89. The average Bonchev–Trinajstić information content (AvgIpc) is 2.61. The highest BCUT2D eigenvalue weighted by Gasteiger charge is 2.23. The van der Waals surface area contributed by atoms with Crippen LogP contribution < -0.4 is 10.1 Å². The van der Waals surface area contributed by atoms with Crippen molar-refractivity contribution < 1.29 is 9.53 Å². The van der Waals surface area contributed by atoms with E-state index in [9.17, 15) is 4.79 Å². The van der Waals surface area contributed by atoms with Gasteiger partial charge in [-0.05, 0) is 74.2 Å². The van der Waals surface area contributed by atoms with Crippen LogP contribution in [0.5, 0.6) is 5.75 Å². The molecule has 4 nitrogen and oxygen atoms in total. The van der Waals surface area contributed by atoms with Crippen molar-refractivity contribution in [2.45, 2.75) is 32.7 Å². The molecule has 1 N–H and O–H groups in total. The molecular formula is C21H25ClN2O2. The summed E-state index contributed by atoms with van der Waals surface area (Å²) in [6.45, 7) is 5.80. The van der Waals surface area contributed by atoms with Crippen LogP contribution in [0, 0.1) is 13.8 Å². The number of hydrogen-bond donors (Lipinski definition) is 1. The summed E-state index contributed by atoms with van der Waals surface area (Å²) in [5.41, 5.74) is 3.69. The highest BCUT2D eigenvalue weighted by molar-refractivity contribution is 6.30. The summed E-state index contributed by atoms with van der Waals surface area (Å²) in [5.74, 6) is 0.693. The first-order chi connectivity index (χ1) is 12.5. The number of rotatable bonds is 5. The summed E-state index contributed by atoms with van der Waals surface area (Å²) in [5, 5.41) is 4.26. The molecule has 1 heterocycles. The third-order valence-corrected chi connectivity index (χ3v) is 4.87. The van der Waals surface area contributed by atoms with Gasteiger partial charge < -0.3 is 15.0 Å². The Labute approximate surface area is 160 Å². The number of anilines is 1. The third kappa shape index (κ3) is 5.15. The fraction of sp³-hybridized carbons (Fsp3) is 0.381. The zero-order valence-corrected chi connectivity index (χ0v) is 16.1. The van der Waals surface area contributed by atoms with E-state index in [2.05, 4.69) is 37.4 Å². The van der Waals surface area contributed by atoms with Gasteiger partial charge in [-0.3, -0.25) is 4.79 Å². The number of carbonyl (C=O) groups is 1. The van der Waals surface area contributed by atoms with Gasteiger partial charge in [-0.2, -0.15) is 0 Å². The minimum Gasteiger partial charge on any atom is -0.484 e. The van der Waals surface area contributed by atoms with Gasteiger partial charge in [-0.15, -0.1) is 0 Å². The molecule has 3 rings (SSSR count). The van der Waals surface area contributed by atoms with Gasteiger partial charge in [0.15, 0.2) is 6.61 Å². The molecule has 1 aliphatic heterocycles. The van der Waals surface area contributed by atoms with Gasteiger partial charge in [-0.25, -0.2) is 0 Å². The summed E-state index contributed by atoms with van der Waals surface area (Å²) < 4.78 is 5.56. The smallest absolute Gasteiger partial charge is 0.260 e. The van der Waals surface area contributed by atoms with Gasteiger partial charge in [0.05, 0.1) is 0 Å². The summed E-state index contributed by atoms with van der Waals surface area (Å²) in [4.78, 5) is 14.2. The Morgan fingerprint density at radius 2 is 1.73 bits per heavy atom. The number of aryl methyl sites for hydroxylation is 2. The predicted octanol–water partition coefficient (Wildman–Crippen LogP) is 4.44. The highest BCUT2D eigenvalue weighted by atomic mass is 35.5. The molecule has 0 atom stereocenters. The van der Waals surface area contributed by atoms with Crippen LogP contribution in [0.3, 0.4) is 0 Å². The molecular weight excluding hydrogens is 348 g/mol. The van der Waals surface area contributed by atoms with Crippen LogP contribution in [0.1, 0.15) is 24.0 Å². The quantitative estimate of drug-likeness (QED) is 0.843. The first-order valence-corrected chi connectivity index (χ1v) is 9.38. The SMILES string of the molecule is Cc1cc(C)cc(NC2CCN(C(=O)COc3ccc(Cl)cc3)CC2)c1. The van der Waals surface area contributed by atoms with Crippen molar-refractivity contribution in [3.8, 4) is 5.75 Å². The van der Waals surface area contributed by atoms with E-state index < -0.39 is 0 Å². The number of likely N-dealkylation sites (tertiary alicyclic amines) is 1. The summed E-state index contributed by atoms with van der Waals surface area (Å²) >= 11 is 5.85. The van der Waals surface area contributed by atoms with Crippen LogP contribution in [0.15, 0.2) is 42.5 Å². The van der Waals surface area contributed by atoms with Gasteiger partial charge in [0.2, 0.25) is 0 Å². The molecule has 1 amide bonds. The molecule has 138 valence electrons. The number of nitrogens with one attached hydrogen (secondary N) is 1. The Kier molecular flexibility index (Phi) is 6.04. The van der Waals surface area contributed by atoms with E-state index in [1.54, 1.807) is 24.3 Å². The van der Waals surface area contributed by atoms with E-state index in [1.807, 2.05) is 4.90 Å². The van der Waals surface area contributed by atoms with E-state index in [-0.39, 0.29) is 12.5 Å². The van der Waals surface area contributed by atoms with Gasteiger partial charge in [0.1, 0.15) is 5.75 Å². The van der Waals surface area contributed by atoms with Crippen molar-refractivity contribution in [3.63, 3.8) is 0 Å². The van der Waals surface area contributed by atoms with Crippen molar-refractivity contribution in [2.75, 3.05) is 25.0 Å². The summed E-state index contributed by atoms with van der Waals surface area (Å²) in [6, 6.07) is 14.0. The van der Waals surface area contributed by atoms with E-state index in [0.29, 0.717) is 16.8 Å². The second-order valence-corrected chi connectivity index (χ2v) is 7.35. The average molecular weight is 373 g/mol. The maximum Gasteiger partial charge on any atom is 0.260 e. The Balaban J connectivity index is 1.45. The van der Waals surface area contributed by atoms with Gasteiger partial charge in [0, 0.05) is 29.8 Å². The number of nitrogens with zero attached hydrogens (tertiary/aromatic N) is 1. The van der Waals surface area contributed by atoms with Crippen LogP contribution in [0.25, 0.3) is 0 Å². The van der Waals surface area contributed by atoms with E-state index in [1.165, 1.54) is 16.8 Å². The van der Waals surface area contributed by atoms with E-state index >= 15 is 0 Å². The number of piperidine rings is 1. The van der Waals surface area contributed by atoms with Crippen LogP contribution in [-0.2, 0) is 4.79 Å². The van der Waals surface area contributed by atoms with Crippen LogP contribution in [0.2, 0.25) is 5.02 Å². The molecule has 26 heavy (non-hydrogen) atoms. The molecule has 0 aliphatic carbocycles. The Hall–Kier alpha value is -2.20. The first-order valence-electron chi connectivity index (χ1n) is 9.00. The van der Waals surface area contributed by atoms with E-state index in [0.717, 1.165) is 25.9 Å². The molecule has 0 unspecified atom stereocenters. The number of benzene rings is 2. The number of carbonyl (C=O) groups excluding carboxylic acids is 1. The molecule has 1 saturated heterocycles. The second kappa shape index (κ2) is 8.45. The molecule has 0 radical (unpaired) electrons. The standard InChI is InChI=1S/C21H25ClN2O2/c1-15-11-16(2)13-19(12-15)23-18-7-9-24(10-8-18)21(25)14-26-20-5-3-17(22)4-6-20/h3-6,11-13,18,23H,7-10,14H2,1-2H3. The molecule has 1 aliphatic rings.